The summed E-state index contributed by atoms with van der Waals surface area (Å²) in [7, 11) is 0. The van der Waals surface area contributed by atoms with E-state index in [2.05, 4.69) is 29.3 Å². The zero-order valence-electron chi connectivity index (χ0n) is 20.1. The molecule has 1 amide bonds. The average Bonchev–Trinajstić information content (AvgIpc) is 3.37. The maximum Gasteiger partial charge on any atom is 0.410 e. The first-order valence-corrected chi connectivity index (χ1v) is 12.5. The Bertz CT molecular complexity index is 1180. The van der Waals surface area contributed by atoms with Gasteiger partial charge in [-0.1, -0.05) is 13.8 Å². The van der Waals surface area contributed by atoms with Gasteiger partial charge in [0.15, 0.2) is 0 Å². The molecule has 9 heteroatoms. The van der Waals surface area contributed by atoms with Crippen molar-refractivity contribution in [2.45, 2.75) is 71.8 Å². The number of aromatic nitrogens is 4. The van der Waals surface area contributed by atoms with Crippen LogP contribution >= 0.6 is 11.3 Å². The van der Waals surface area contributed by atoms with Crippen LogP contribution in [0.5, 0.6) is 0 Å². The fraction of sp³-hybridized carbons (Fsp3) is 0.583. The van der Waals surface area contributed by atoms with Gasteiger partial charge in [0.05, 0.1) is 23.1 Å². The van der Waals surface area contributed by atoms with E-state index in [1.54, 1.807) is 28.5 Å². The van der Waals surface area contributed by atoms with Crippen LogP contribution in [-0.4, -0.2) is 49.3 Å². The highest BCUT2D eigenvalue weighted by molar-refractivity contribution is 7.13. The van der Waals surface area contributed by atoms with E-state index in [0.29, 0.717) is 24.7 Å². The average molecular weight is 472 g/mol. The monoisotopic (exact) mass is 471 g/mol. The Morgan fingerprint density at radius 1 is 1.30 bits per heavy atom. The molecule has 178 valence electrons. The van der Waals surface area contributed by atoms with Gasteiger partial charge in [0.25, 0.3) is 5.56 Å². The first kappa shape index (κ1) is 23.5. The summed E-state index contributed by atoms with van der Waals surface area (Å²) >= 11 is 1.58. The largest absolute Gasteiger partial charge is 0.444 e. The standard InChI is InChI=1S/C24H33N5O3S/c1-15(2)6-7-17-14-33-22(26-17)18-13-25-29-19(12-20(30)27-21(18)29)16-8-10-28(11-9-16)23(31)32-24(3,4)5/h12-16H,6-11H2,1-5H3,(H,27,30). The Balaban J connectivity index is 1.54. The molecule has 1 aliphatic rings. The number of carbonyl (C=O) groups is 1. The van der Waals surface area contributed by atoms with E-state index in [-0.39, 0.29) is 17.6 Å². The smallest absolute Gasteiger partial charge is 0.410 e. The van der Waals surface area contributed by atoms with Crippen LogP contribution in [-0.2, 0) is 11.2 Å². The fourth-order valence-corrected chi connectivity index (χ4v) is 4.99. The molecule has 1 N–H and O–H groups in total. The summed E-state index contributed by atoms with van der Waals surface area (Å²) in [6.45, 7) is 11.2. The number of hydrogen-bond acceptors (Lipinski definition) is 6. The molecule has 0 aromatic carbocycles. The van der Waals surface area contributed by atoms with Gasteiger partial charge in [-0.2, -0.15) is 5.10 Å². The van der Waals surface area contributed by atoms with Crippen molar-refractivity contribution >= 4 is 23.1 Å². The molecule has 0 aliphatic carbocycles. The van der Waals surface area contributed by atoms with Crippen LogP contribution < -0.4 is 5.56 Å². The van der Waals surface area contributed by atoms with Crippen molar-refractivity contribution in [2.75, 3.05) is 13.1 Å². The summed E-state index contributed by atoms with van der Waals surface area (Å²) in [6, 6.07) is 1.63. The summed E-state index contributed by atoms with van der Waals surface area (Å²) in [5, 5.41) is 7.57. The lowest BCUT2D eigenvalue weighted by molar-refractivity contribution is 0.0203. The van der Waals surface area contributed by atoms with Gasteiger partial charge in [-0.05, 0) is 52.4 Å². The van der Waals surface area contributed by atoms with Crippen molar-refractivity contribution in [1.82, 2.24) is 24.5 Å². The van der Waals surface area contributed by atoms with Crippen LogP contribution in [0.2, 0.25) is 0 Å². The molecule has 1 aliphatic heterocycles. The third-order valence-corrected chi connectivity index (χ3v) is 6.78. The maximum atomic E-state index is 12.5. The highest BCUT2D eigenvalue weighted by Crippen LogP contribution is 2.32. The predicted molar refractivity (Wildman–Crippen MR) is 130 cm³/mol. The number of H-pyrrole nitrogens is 1. The molecular weight excluding hydrogens is 438 g/mol. The van der Waals surface area contributed by atoms with Crippen LogP contribution in [0.15, 0.2) is 22.4 Å². The number of thiazole rings is 1. The highest BCUT2D eigenvalue weighted by Gasteiger charge is 2.29. The van der Waals surface area contributed by atoms with Crippen molar-refractivity contribution < 1.29 is 9.53 Å². The highest BCUT2D eigenvalue weighted by atomic mass is 32.1. The third kappa shape index (κ3) is 5.46. The summed E-state index contributed by atoms with van der Waals surface area (Å²) in [5.74, 6) is 0.770. The second-order valence-electron chi connectivity index (χ2n) is 10.2. The molecule has 0 atom stereocenters. The number of fused-ring (bicyclic) bond motifs is 1. The Morgan fingerprint density at radius 3 is 2.70 bits per heavy atom. The molecule has 4 rings (SSSR count). The zero-order valence-corrected chi connectivity index (χ0v) is 20.9. The van der Waals surface area contributed by atoms with Gasteiger partial charge >= 0.3 is 6.09 Å². The number of ether oxygens (including phenoxy) is 1. The van der Waals surface area contributed by atoms with E-state index in [0.717, 1.165) is 47.6 Å². The van der Waals surface area contributed by atoms with Crippen molar-refractivity contribution in [3.05, 3.63) is 39.4 Å². The van der Waals surface area contributed by atoms with Gasteiger partial charge in [-0.15, -0.1) is 11.3 Å². The Labute approximate surface area is 198 Å². The first-order chi connectivity index (χ1) is 15.6. The minimum atomic E-state index is -0.511. The van der Waals surface area contributed by atoms with Crippen LogP contribution in [0, 0.1) is 5.92 Å². The zero-order chi connectivity index (χ0) is 23.8. The van der Waals surface area contributed by atoms with E-state index >= 15 is 0 Å². The summed E-state index contributed by atoms with van der Waals surface area (Å²) in [5.41, 5.74) is 2.82. The van der Waals surface area contributed by atoms with Gasteiger partial charge in [0.2, 0.25) is 0 Å². The van der Waals surface area contributed by atoms with Crippen molar-refractivity contribution in [1.29, 1.82) is 0 Å². The van der Waals surface area contributed by atoms with Crippen molar-refractivity contribution in [2.24, 2.45) is 5.92 Å². The van der Waals surface area contributed by atoms with Crippen LogP contribution in [0.4, 0.5) is 4.79 Å². The fourth-order valence-electron chi connectivity index (χ4n) is 4.13. The predicted octanol–water partition coefficient (Wildman–Crippen LogP) is 4.85. The molecule has 0 spiro atoms. The van der Waals surface area contributed by atoms with E-state index < -0.39 is 5.60 Å². The molecular formula is C24H33N5O3S. The number of carbonyl (C=O) groups excluding carboxylic acids is 1. The van der Waals surface area contributed by atoms with Crippen molar-refractivity contribution in [3.8, 4) is 10.6 Å². The molecule has 4 heterocycles. The summed E-state index contributed by atoms with van der Waals surface area (Å²) < 4.78 is 7.33. The normalized spacial score (nSPS) is 15.5. The number of nitrogens with zero attached hydrogens (tertiary/aromatic N) is 4. The first-order valence-electron chi connectivity index (χ1n) is 11.6. The Morgan fingerprint density at radius 2 is 2.03 bits per heavy atom. The second kappa shape index (κ2) is 9.29. The maximum absolute atomic E-state index is 12.5. The van der Waals surface area contributed by atoms with Crippen molar-refractivity contribution in [3.63, 3.8) is 0 Å². The molecule has 8 nitrogen and oxygen atoms in total. The molecule has 0 bridgehead atoms. The summed E-state index contributed by atoms with van der Waals surface area (Å²) in [4.78, 5) is 34.4. The molecule has 0 radical (unpaired) electrons. The number of aromatic amines is 1. The number of piperidine rings is 1. The lowest BCUT2D eigenvalue weighted by atomic mass is 9.93. The molecule has 33 heavy (non-hydrogen) atoms. The second-order valence-corrected chi connectivity index (χ2v) is 11.1. The van der Waals surface area contributed by atoms with Crippen LogP contribution in [0.3, 0.4) is 0 Å². The Hall–Kier alpha value is -2.68. The van der Waals surface area contributed by atoms with E-state index in [9.17, 15) is 9.59 Å². The van der Waals surface area contributed by atoms with Gasteiger partial charge in [-0.3, -0.25) is 4.79 Å². The number of amides is 1. The lowest BCUT2D eigenvalue weighted by Gasteiger charge is -2.33. The number of rotatable bonds is 5. The SMILES string of the molecule is CC(C)CCc1csc(-c2cnn3c(C4CCN(C(=O)OC(C)(C)C)CC4)cc(=O)[nH]c23)n1. The molecule has 1 saturated heterocycles. The topological polar surface area (TPSA) is 92.6 Å². The lowest BCUT2D eigenvalue weighted by Crippen LogP contribution is -2.41. The van der Waals surface area contributed by atoms with Crippen LogP contribution in [0.1, 0.15) is 71.2 Å². The number of likely N-dealkylation sites (tertiary alicyclic amines) is 1. The number of hydrogen-bond donors (Lipinski definition) is 1. The third-order valence-electron chi connectivity index (χ3n) is 5.86. The van der Waals surface area contributed by atoms with Gasteiger partial charge in [-0.25, -0.2) is 14.3 Å². The Kier molecular flexibility index (Phi) is 6.61. The molecule has 1 fully saturated rings. The van der Waals surface area contributed by atoms with Crippen LogP contribution in [0.25, 0.3) is 16.2 Å². The van der Waals surface area contributed by atoms with Gasteiger partial charge < -0.3 is 14.6 Å². The van der Waals surface area contributed by atoms with Gasteiger partial charge in [0, 0.05) is 30.5 Å². The quantitative estimate of drug-likeness (QED) is 0.574. The molecule has 0 saturated carbocycles. The van der Waals surface area contributed by atoms with E-state index in [4.69, 9.17) is 9.72 Å². The number of aryl methyl sites for hydroxylation is 1. The van der Waals surface area contributed by atoms with Gasteiger partial charge in [0.1, 0.15) is 16.3 Å². The minimum Gasteiger partial charge on any atom is -0.444 e. The number of nitrogens with one attached hydrogen (secondary N) is 1. The molecule has 0 unspecified atom stereocenters. The van der Waals surface area contributed by atoms with E-state index in [1.807, 2.05) is 25.3 Å². The minimum absolute atomic E-state index is 0.138. The van der Waals surface area contributed by atoms with E-state index in [1.165, 1.54) is 0 Å². The molecule has 3 aromatic heterocycles. The molecule has 3 aromatic rings. The summed E-state index contributed by atoms with van der Waals surface area (Å²) in [6.07, 6.45) is 5.06.